The standard InChI is InChI=1S/C20H13BrF3NO3/c21-12-8-9-18(28-11-20(22,23)24)15(10-12)13-4-1-2-5-14(13)16-6-3-7-17(25-16)19(26)27/h1-10H,11H2,(H,26,27). The molecule has 0 atom stereocenters. The second-order valence-electron chi connectivity index (χ2n) is 5.80. The molecule has 0 saturated heterocycles. The Morgan fingerprint density at radius 2 is 1.71 bits per heavy atom. The van der Waals surface area contributed by atoms with E-state index in [-0.39, 0.29) is 11.4 Å². The minimum Gasteiger partial charge on any atom is -0.483 e. The number of benzene rings is 2. The fraction of sp³-hybridized carbons (Fsp3) is 0.100. The molecule has 4 nitrogen and oxygen atoms in total. The van der Waals surface area contributed by atoms with E-state index in [1.54, 1.807) is 48.5 Å². The zero-order valence-corrected chi connectivity index (χ0v) is 15.8. The number of nitrogens with zero attached hydrogens (tertiary/aromatic N) is 1. The molecular weight excluding hydrogens is 439 g/mol. The van der Waals surface area contributed by atoms with Gasteiger partial charge >= 0.3 is 12.1 Å². The average Bonchev–Trinajstić information content (AvgIpc) is 2.66. The number of halogens is 4. The lowest BCUT2D eigenvalue weighted by molar-refractivity contribution is -0.153. The van der Waals surface area contributed by atoms with Crippen molar-refractivity contribution < 1.29 is 27.8 Å². The van der Waals surface area contributed by atoms with Crippen LogP contribution < -0.4 is 4.74 Å². The van der Waals surface area contributed by atoms with Gasteiger partial charge in [-0.2, -0.15) is 13.2 Å². The summed E-state index contributed by atoms with van der Waals surface area (Å²) in [6.07, 6.45) is -4.47. The Labute approximate surface area is 166 Å². The number of ether oxygens (including phenoxy) is 1. The predicted octanol–water partition coefficient (Wildman–Crippen LogP) is 5.82. The van der Waals surface area contributed by atoms with Crippen LogP contribution in [0.15, 0.2) is 65.1 Å². The fourth-order valence-corrected chi connectivity index (χ4v) is 3.00. The first kappa shape index (κ1) is 19.9. The molecule has 1 N–H and O–H groups in total. The van der Waals surface area contributed by atoms with Crippen molar-refractivity contribution >= 4 is 21.9 Å². The fourth-order valence-electron chi connectivity index (χ4n) is 2.64. The van der Waals surface area contributed by atoms with E-state index in [1.165, 1.54) is 12.1 Å². The molecule has 1 heterocycles. The Bertz CT molecular complexity index is 1020. The van der Waals surface area contributed by atoms with E-state index in [1.807, 2.05) is 0 Å². The molecule has 1 aromatic heterocycles. The number of carboxylic acids is 1. The van der Waals surface area contributed by atoms with Crippen molar-refractivity contribution in [2.24, 2.45) is 0 Å². The van der Waals surface area contributed by atoms with Crippen LogP contribution in [-0.4, -0.2) is 28.8 Å². The summed E-state index contributed by atoms with van der Waals surface area (Å²) in [7, 11) is 0. The van der Waals surface area contributed by atoms with Crippen LogP contribution in [0.2, 0.25) is 0 Å². The first-order valence-corrected chi connectivity index (χ1v) is 8.83. The molecule has 0 saturated carbocycles. The molecule has 0 bridgehead atoms. The van der Waals surface area contributed by atoms with Crippen molar-refractivity contribution in [1.82, 2.24) is 4.98 Å². The quantitative estimate of drug-likeness (QED) is 0.530. The molecule has 0 amide bonds. The Morgan fingerprint density at radius 1 is 1.00 bits per heavy atom. The van der Waals surface area contributed by atoms with Gasteiger partial charge in [0.25, 0.3) is 0 Å². The van der Waals surface area contributed by atoms with Crippen molar-refractivity contribution in [2.45, 2.75) is 6.18 Å². The molecule has 28 heavy (non-hydrogen) atoms. The highest BCUT2D eigenvalue weighted by Crippen LogP contribution is 2.38. The minimum absolute atomic E-state index is 0.0577. The van der Waals surface area contributed by atoms with Gasteiger partial charge in [0.15, 0.2) is 6.61 Å². The SMILES string of the molecule is O=C(O)c1cccc(-c2ccccc2-c2cc(Br)ccc2OCC(F)(F)F)n1. The van der Waals surface area contributed by atoms with Crippen molar-refractivity contribution in [3.63, 3.8) is 0 Å². The van der Waals surface area contributed by atoms with Gasteiger partial charge in [-0.1, -0.05) is 46.3 Å². The highest BCUT2D eigenvalue weighted by Gasteiger charge is 2.29. The van der Waals surface area contributed by atoms with Crippen LogP contribution >= 0.6 is 15.9 Å². The van der Waals surface area contributed by atoms with Gasteiger partial charge in [-0.25, -0.2) is 9.78 Å². The molecule has 0 fully saturated rings. The number of rotatable bonds is 5. The highest BCUT2D eigenvalue weighted by atomic mass is 79.9. The van der Waals surface area contributed by atoms with Crippen LogP contribution in [0.4, 0.5) is 13.2 Å². The third-order valence-electron chi connectivity index (χ3n) is 3.79. The molecule has 0 aliphatic heterocycles. The summed E-state index contributed by atoms with van der Waals surface area (Å²) >= 11 is 3.32. The molecule has 0 spiro atoms. The number of carbonyl (C=O) groups is 1. The summed E-state index contributed by atoms with van der Waals surface area (Å²) in [6.45, 7) is -1.42. The normalized spacial score (nSPS) is 11.3. The summed E-state index contributed by atoms with van der Waals surface area (Å²) in [5, 5.41) is 9.17. The first-order valence-electron chi connectivity index (χ1n) is 8.04. The molecule has 3 aromatic rings. The molecule has 144 valence electrons. The molecule has 0 aliphatic carbocycles. The molecule has 0 aliphatic rings. The van der Waals surface area contributed by atoms with Gasteiger partial charge in [0.05, 0.1) is 5.69 Å². The highest BCUT2D eigenvalue weighted by molar-refractivity contribution is 9.10. The van der Waals surface area contributed by atoms with Gasteiger partial charge in [0.2, 0.25) is 0 Å². The summed E-state index contributed by atoms with van der Waals surface area (Å²) in [6, 6.07) is 16.1. The van der Waals surface area contributed by atoms with Crippen LogP contribution in [0, 0.1) is 0 Å². The Hall–Kier alpha value is -2.87. The zero-order valence-electron chi connectivity index (χ0n) is 14.2. The number of aromatic carboxylic acids is 1. The van der Waals surface area contributed by atoms with Crippen LogP contribution in [0.3, 0.4) is 0 Å². The smallest absolute Gasteiger partial charge is 0.422 e. The third-order valence-corrected chi connectivity index (χ3v) is 4.29. The lowest BCUT2D eigenvalue weighted by atomic mass is 9.96. The number of aromatic nitrogens is 1. The monoisotopic (exact) mass is 451 g/mol. The molecular formula is C20H13BrF3NO3. The second kappa shape index (κ2) is 8.02. The Morgan fingerprint density at radius 3 is 2.39 bits per heavy atom. The maximum Gasteiger partial charge on any atom is 0.422 e. The maximum atomic E-state index is 12.6. The largest absolute Gasteiger partial charge is 0.483 e. The number of hydrogen-bond donors (Lipinski definition) is 1. The third kappa shape index (κ3) is 4.69. The van der Waals surface area contributed by atoms with Gasteiger partial charge in [-0.05, 0) is 35.9 Å². The maximum absolute atomic E-state index is 12.6. The molecule has 8 heteroatoms. The van der Waals surface area contributed by atoms with Gasteiger partial charge in [-0.3, -0.25) is 0 Å². The van der Waals surface area contributed by atoms with Crippen molar-refractivity contribution in [3.8, 4) is 28.1 Å². The molecule has 2 aromatic carbocycles. The number of hydrogen-bond acceptors (Lipinski definition) is 3. The van der Waals surface area contributed by atoms with Gasteiger partial charge in [0, 0.05) is 15.6 Å². The zero-order chi connectivity index (χ0) is 20.3. The van der Waals surface area contributed by atoms with E-state index in [9.17, 15) is 23.1 Å². The van der Waals surface area contributed by atoms with Gasteiger partial charge in [-0.15, -0.1) is 0 Å². The molecule has 0 radical (unpaired) electrons. The summed E-state index contributed by atoms with van der Waals surface area (Å²) < 4.78 is 43.5. The topological polar surface area (TPSA) is 59.4 Å². The van der Waals surface area contributed by atoms with Crippen LogP contribution in [-0.2, 0) is 0 Å². The minimum atomic E-state index is -4.47. The average molecular weight is 452 g/mol. The number of pyridine rings is 1. The van der Waals surface area contributed by atoms with Crippen LogP contribution in [0.5, 0.6) is 5.75 Å². The molecule has 0 unspecified atom stereocenters. The van der Waals surface area contributed by atoms with Crippen molar-refractivity contribution in [2.75, 3.05) is 6.61 Å². The van der Waals surface area contributed by atoms with Gasteiger partial charge < -0.3 is 9.84 Å². The van der Waals surface area contributed by atoms with E-state index >= 15 is 0 Å². The number of carboxylic acid groups (broad SMARTS) is 1. The Balaban J connectivity index is 2.12. The van der Waals surface area contributed by atoms with E-state index in [2.05, 4.69) is 20.9 Å². The summed E-state index contributed by atoms with van der Waals surface area (Å²) in [5.41, 5.74) is 1.82. The lowest BCUT2D eigenvalue weighted by Crippen LogP contribution is -2.19. The second-order valence-corrected chi connectivity index (χ2v) is 6.72. The van der Waals surface area contributed by atoms with Crippen molar-refractivity contribution in [3.05, 3.63) is 70.8 Å². The van der Waals surface area contributed by atoms with E-state index < -0.39 is 18.8 Å². The lowest BCUT2D eigenvalue weighted by Gasteiger charge is -2.16. The molecule has 3 rings (SSSR count). The van der Waals surface area contributed by atoms with E-state index in [0.29, 0.717) is 26.9 Å². The van der Waals surface area contributed by atoms with E-state index in [0.717, 1.165) is 0 Å². The summed E-state index contributed by atoms with van der Waals surface area (Å²) in [4.78, 5) is 15.4. The first-order chi connectivity index (χ1) is 13.2. The number of alkyl halides is 3. The predicted molar refractivity (Wildman–Crippen MR) is 101 cm³/mol. The van der Waals surface area contributed by atoms with E-state index in [4.69, 9.17) is 4.74 Å². The Kier molecular flexibility index (Phi) is 5.69. The van der Waals surface area contributed by atoms with Gasteiger partial charge in [0.1, 0.15) is 11.4 Å². The summed E-state index contributed by atoms with van der Waals surface area (Å²) in [5.74, 6) is -1.11. The van der Waals surface area contributed by atoms with Crippen molar-refractivity contribution in [1.29, 1.82) is 0 Å². The van der Waals surface area contributed by atoms with Crippen LogP contribution in [0.25, 0.3) is 22.4 Å². The van der Waals surface area contributed by atoms with Crippen LogP contribution in [0.1, 0.15) is 10.5 Å².